The molecule has 0 bridgehead atoms. The maximum Gasteiger partial charge on any atom is 0.118 e. The molecule has 1 N–H and O–H groups in total. The number of benzene rings is 3. The minimum atomic E-state index is 0.348. The second-order valence-electron chi connectivity index (χ2n) is 8.26. The molecule has 0 aromatic heterocycles. The Balaban J connectivity index is 1.79. The molecule has 2 heteroatoms. The fourth-order valence-corrected chi connectivity index (χ4v) is 3.72. The molecule has 1 atom stereocenters. The second kappa shape index (κ2) is 9.96. The van der Waals surface area contributed by atoms with Crippen molar-refractivity contribution in [2.45, 2.75) is 34.1 Å². The van der Waals surface area contributed by atoms with Gasteiger partial charge in [-0.2, -0.15) is 5.26 Å². The van der Waals surface area contributed by atoms with E-state index in [0.29, 0.717) is 11.7 Å². The van der Waals surface area contributed by atoms with Gasteiger partial charge < -0.3 is 5.11 Å². The third-order valence-electron chi connectivity index (χ3n) is 5.59. The van der Waals surface area contributed by atoms with Gasteiger partial charge in [-0.1, -0.05) is 73.7 Å². The van der Waals surface area contributed by atoms with E-state index in [4.69, 9.17) is 5.26 Å². The number of nitriles is 1. The number of allylic oxidation sites excluding steroid dienone is 1. The minimum Gasteiger partial charge on any atom is -0.508 e. The van der Waals surface area contributed by atoms with Crippen LogP contribution in [0.5, 0.6) is 5.75 Å². The Morgan fingerprint density at radius 2 is 1.71 bits per heavy atom. The monoisotopic (exact) mass is 407 g/mol. The van der Waals surface area contributed by atoms with Crippen molar-refractivity contribution in [2.24, 2.45) is 5.92 Å². The molecule has 31 heavy (non-hydrogen) atoms. The molecule has 3 aromatic rings. The quantitative estimate of drug-likeness (QED) is 0.437. The molecule has 0 aliphatic rings. The van der Waals surface area contributed by atoms with Crippen LogP contribution < -0.4 is 0 Å². The third kappa shape index (κ3) is 5.74. The molecular weight excluding hydrogens is 378 g/mol. The molecule has 0 saturated heterocycles. The Morgan fingerprint density at radius 1 is 0.903 bits per heavy atom. The molecule has 0 spiro atoms. The first-order chi connectivity index (χ1) is 14.9. The van der Waals surface area contributed by atoms with Crippen LogP contribution >= 0.6 is 0 Å². The fourth-order valence-electron chi connectivity index (χ4n) is 3.72. The summed E-state index contributed by atoms with van der Waals surface area (Å²) in [5.74, 6) is 0.725. The number of aryl methyl sites for hydroxylation is 3. The Bertz CT molecular complexity index is 1180. The highest BCUT2D eigenvalue weighted by molar-refractivity contribution is 5.77. The maximum absolute atomic E-state index is 9.73. The maximum atomic E-state index is 9.73. The van der Waals surface area contributed by atoms with Gasteiger partial charge in [-0.15, -0.1) is 0 Å². The largest absolute Gasteiger partial charge is 0.508 e. The molecular formula is C29H29NO. The van der Waals surface area contributed by atoms with Gasteiger partial charge in [0.05, 0.1) is 11.6 Å². The molecule has 2 nitrogen and oxygen atoms in total. The summed E-state index contributed by atoms with van der Waals surface area (Å²) in [6.07, 6.45) is 9.65. The Hall–Kier alpha value is -3.57. The summed E-state index contributed by atoms with van der Waals surface area (Å²) in [5.41, 5.74) is 8.56. The smallest absolute Gasteiger partial charge is 0.118 e. The lowest BCUT2D eigenvalue weighted by atomic mass is 9.96. The number of hydrogen-bond donors (Lipinski definition) is 1. The zero-order chi connectivity index (χ0) is 22.4. The van der Waals surface area contributed by atoms with E-state index in [-0.39, 0.29) is 0 Å². The van der Waals surface area contributed by atoms with Gasteiger partial charge in [0.15, 0.2) is 0 Å². The highest BCUT2D eigenvalue weighted by atomic mass is 16.3. The van der Waals surface area contributed by atoms with Gasteiger partial charge in [0.25, 0.3) is 0 Å². The SMILES string of the molecule is Cc1cc(CC(C)/C=C/c2cccc(C)c2/C=C/c2ccc(C#N)c(C)c2)ccc1O. The van der Waals surface area contributed by atoms with E-state index in [1.807, 2.05) is 38.1 Å². The van der Waals surface area contributed by atoms with Gasteiger partial charge in [0.2, 0.25) is 0 Å². The number of phenols is 1. The van der Waals surface area contributed by atoms with E-state index >= 15 is 0 Å². The Labute approximate surface area is 185 Å². The van der Waals surface area contributed by atoms with Crippen molar-refractivity contribution >= 4 is 18.2 Å². The van der Waals surface area contributed by atoms with Gasteiger partial charge in [-0.25, -0.2) is 0 Å². The van der Waals surface area contributed by atoms with Crippen LogP contribution in [0.4, 0.5) is 0 Å². The highest BCUT2D eigenvalue weighted by Gasteiger charge is 2.05. The number of hydrogen-bond acceptors (Lipinski definition) is 2. The fraction of sp³-hybridized carbons (Fsp3) is 0.207. The summed E-state index contributed by atoms with van der Waals surface area (Å²) in [7, 11) is 0. The summed E-state index contributed by atoms with van der Waals surface area (Å²) in [4.78, 5) is 0. The first kappa shape index (κ1) is 22.1. The van der Waals surface area contributed by atoms with Crippen molar-refractivity contribution in [1.29, 1.82) is 5.26 Å². The van der Waals surface area contributed by atoms with Gasteiger partial charge in [0.1, 0.15) is 5.75 Å². The molecule has 0 saturated carbocycles. The Morgan fingerprint density at radius 3 is 2.42 bits per heavy atom. The van der Waals surface area contributed by atoms with Crippen LogP contribution in [0.15, 0.2) is 60.7 Å². The molecule has 0 radical (unpaired) electrons. The third-order valence-corrected chi connectivity index (χ3v) is 5.59. The summed E-state index contributed by atoms with van der Waals surface area (Å²) in [6, 6.07) is 20.3. The van der Waals surface area contributed by atoms with E-state index in [1.165, 1.54) is 22.3 Å². The molecule has 0 amide bonds. The van der Waals surface area contributed by atoms with Gasteiger partial charge in [-0.05, 0) is 84.2 Å². The second-order valence-corrected chi connectivity index (χ2v) is 8.26. The summed E-state index contributed by atoms with van der Waals surface area (Å²) < 4.78 is 0. The molecule has 0 aliphatic carbocycles. The van der Waals surface area contributed by atoms with Crippen LogP contribution in [0.2, 0.25) is 0 Å². The molecule has 3 aromatic carbocycles. The van der Waals surface area contributed by atoms with Gasteiger partial charge >= 0.3 is 0 Å². The topological polar surface area (TPSA) is 44.0 Å². The van der Waals surface area contributed by atoms with E-state index in [1.54, 1.807) is 6.07 Å². The standard InChI is InChI=1S/C29H29NO/c1-20(16-25-11-15-29(31)23(4)18-25)8-12-26-7-5-6-21(2)28(26)14-10-24-9-13-27(19-30)22(3)17-24/h5-15,17-18,20,31H,16H2,1-4H3/b12-8+,14-10+. The van der Waals surface area contributed by atoms with Crippen molar-refractivity contribution in [3.05, 3.63) is 105 Å². The normalized spacial score (nSPS) is 12.4. The van der Waals surface area contributed by atoms with Crippen LogP contribution in [0.3, 0.4) is 0 Å². The Kier molecular flexibility index (Phi) is 7.11. The van der Waals surface area contributed by atoms with E-state index in [0.717, 1.165) is 28.7 Å². The van der Waals surface area contributed by atoms with E-state index in [9.17, 15) is 5.11 Å². The van der Waals surface area contributed by atoms with Crippen molar-refractivity contribution in [1.82, 2.24) is 0 Å². The summed E-state index contributed by atoms with van der Waals surface area (Å²) >= 11 is 0. The molecule has 0 fully saturated rings. The average Bonchev–Trinajstić information content (AvgIpc) is 2.74. The van der Waals surface area contributed by atoms with E-state index < -0.39 is 0 Å². The predicted molar refractivity (Wildman–Crippen MR) is 131 cm³/mol. The van der Waals surface area contributed by atoms with Crippen molar-refractivity contribution < 1.29 is 5.11 Å². The molecule has 0 heterocycles. The molecule has 1 unspecified atom stereocenters. The van der Waals surface area contributed by atoms with Gasteiger partial charge in [0, 0.05) is 0 Å². The van der Waals surface area contributed by atoms with Crippen LogP contribution in [0.1, 0.15) is 51.4 Å². The predicted octanol–water partition coefficient (Wildman–Crippen LogP) is 7.25. The van der Waals surface area contributed by atoms with Crippen molar-refractivity contribution in [3.63, 3.8) is 0 Å². The minimum absolute atomic E-state index is 0.348. The first-order valence-corrected chi connectivity index (χ1v) is 10.6. The van der Waals surface area contributed by atoms with Crippen LogP contribution in [-0.4, -0.2) is 5.11 Å². The molecule has 0 aliphatic heterocycles. The lowest BCUT2D eigenvalue weighted by Crippen LogP contribution is -1.96. The number of aromatic hydroxyl groups is 1. The van der Waals surface area contributed by atoms with Crippen LogP contribution in [0, 0.1) is 38.0 Å². The lowest BCUT2D eigenvalue weighted by molar-refractivity contribution is 0.470. The number of nitrogens with zero attached hydrogens (tertiary/aromatic N) is 1. The van der Waals surface area contributed by atoms with Gasteiger partial charge in [-0.3, -0.25) is 0 Å². The zero-order valence-electron chi connectivity index (χ0n) is 18.7. The molecule has 3 rings (SSSR count). The summed E-state index contributed by atoms with van der Waals surface area (Å²) in [5, 5.41) is 18.9. The summed E-state index contributed by atoms with van der Waals surface area (Å²) in [6.45, 7) is 8.24. The number of rotatable bonds is 6. The van der Waals surface area contributed by atoms with Crippen LogP contribution in [0.25, 0.3) is 18.2 Å². The first-order valence-electron chi connectivity index (χ1n) is 10.6. The lowest BCUT2D eigenvalue weighted by Gasteiger charge is -2.10. The van der Waals surface area contributed by atoms with Crippen molar-refractivity contribution in [2.75, 3.05) is 0 Å². The number of phenolic OH excluding ortho intramolecular Hbond substituents is 1. The molecule has 156 valence electrons. The van der Waals surface area contributed by atoms with Crippen LogP contribution in [-0.2, 0) is 6.42 Å². The zero-order valence-corrected chi connectivity index (χ0v) is 18.7. The highest BCUT2D eigenvalue weighted by Crippen LogP contribution is 2.23. The van der Waals surface area contributed by atoms with E-state index in [2.05, 4.69) is 68.5 Å². The average molecular weight is 408 g/mol. The van der Waals surface area contributed by atoms with Crippen molar-refractivity contribution in [3.8, 4) is 11.8 Å².